The maximum Gasteiger partial charge on any atom is 0.324 e. The molecule has 6 nitrogen and oxygen atoms in total. The van der Waals surface area contributed by atoms with E-state index in [4.69, 9.17) is 4.74 Å². The summed E-state index contributed by atoms with van der Waals surface area (Å²) in [6, 6.07) is 5.74. The molecule has 2 rings (SSSR count). The highest BCUT2D eigenvalue weighted by molar-refractivity contribution is 6.21. The first kappa shape index (κ1) is 16.1. The summed E-state index contributed by atoms with van der Waals surface area (Å²) in [6.07, 6.45) is 0. The minimum absolute atomic E-state index is 0. The number of benzene rings is 1. The molecule has 0 aliphatic carbocycles. The summed E-state index contributed by atoms with van der Waals surface area (Å²) in [5, 5.41) is 0.853. The maximum atomic E-state index is 12.0. The second-order valence-corrected chi connectivity index (χ2v) is 4.09. The molecule has 0 saturated heterocycles. The number of hydrazine groups is 1. The zero-order valence-electron chi connectivity index (χ0n) is 11.1. The number of hydrogen-bond acceptors (Lipinski definition) is 5. The van der Waals surface area contributed by atoms with E-state index in [1.54, 1.807) is 31.2 Å². The van der Waals surface area contributed by atoms with Gasteiger partial charge in [0.15, 0.2) is 0 Å². The van der Waals surface area contributed by atoms with Gasteiger partial charge in [0.1, 0.15) is 6.04 Å². The highest BCUT2D eigenvalue weighted by Gasteiger charge is 2.37. The first-order valence-corrected chi connectivity index (χ1v) is 5.97. The maximum absolute atomic E-state index is 12.0. The second kappa shape index (κ2) is 6.49. The number of carbonyl (C=O) groups excluding carboxylic acids is 3. The van der Waals surface area contributed by atoms with E-state index in [-0.39, 0.29) is 19.0 Å². The van der Waals surface area contributed by atoms with E-state index in [9.17, 15) is 14.4 Å². The van der Waals surface area contributed by atoms with Crippen molar-refractivity contribution in [3.8, 4) is 0 Å². The first-order chi connectivity index (χ1) is 9.06. The Bertz CT molecular complexity index is 512. The van der Waals surface area contributed by atoms with Gasteiger partial charge in [0.25, 0.3) is 11.8 Å². The number of rotatable bonds is 4. The molecule has 1 aromatic rings. The van der Waals surface area contributed by atoms with Crippen LogP contribution in [0.25, 0.3) is 0 Å². The molecule has 1 aliphatic rings. The summed E-state index contributed by atoms with van der Waals surface area (Å²) in [4.78, 5) is 35.5. The molecular formula is C13H15ClN2O4. The first-order valence-electron chi connectivity index (χ1n) is 5.97. The van der Waals surface area contributed by atoms with Crippen LogP contribution in [0.3, 0.4) is 0 Å². The van der Waals surface area contributed by atoms with Crippen molar-refractivity contribution in [1.82, 2.24) is 10.4 Å². The molecule has 1 atom stereocenters. The zero-order valence-corrected chi connectivity index (χ0v) is 11.9. The Labute approximate surface area is 122 Å². The van der Waals surface area contributed by atoms with Crippen molar-refractivity contribution in [2.24, 2.45) is 0 Å². The molecule has 7 heteroatoms. The average molecular weight is 299 g/mol. The molecular weight excluding hydrogens is 284 g/mol. The lowest BCUT2D eigenvalue weighted by molar-refractivity contribution is -0.146. The van der Waals surface area contributed by atoms with E-state index < -0.39 is 23.8 Å². The Morgan fingerprint density at radius 2 is 1.75 bits per heavy atom. The van der Waals surface area contributed by atoms with Crippen molar-refractivity contribution in [3.05, 3.63) is 35.4 Å². The lowest BCUT2D eigenvalue weighted by atomic mass is 10.1. The summed E-state index contributed by atoms with van der Waals surface area (Å²) in [7, 11) is 0. The molecule has 0 radical (unpaired) electrons. The van der Waals surface area contributed by atoms with Crippen molar-refractivity contribution in [3.63, 3.8) is 0 Å². The second-order valence-electron chi connectivity index (χ2n) is 4.09. The summed E-state index contributed by atoms with van der Waals surface area (Å²) < 4.78 is 4.81. The van der Waals surface area contributed by atoms with Crippen molar-refractivity contribution in [1.29, 1.82) is 0 Å². The highest BCUT2D eigenvalue weighted by atomic mass is 35.5. The van der Waals surface area contributed by atoms with Gasteiger partial charge in [-0.1, -0.05) is 12.1 Å². The van der Waals surface area contributed by atoms with Crippen molar-refractivity contribution < 1.29 is 19.1 Å². The Morgan fingerprint density at radius 1 is 1.25 bits per heavy atom. The number of amides is 2. The zero-order chi connectivity index (χ0) is 14.0. The molecule has 1 N–H and O–H groups in total. The number of carbonyl (C=O) groups is 3. The molecule has 2 amide bonds. The standard InChI is InChI=1S/C13H14N2O4.ClH/c1-3-19-13(18)8(2)14-15-11(16)9-6-4-5-7-10(9)12(15)17;/h4-8,14H,3H2,1-2H3;1H/t8-;/m0./s1. The van der Waals surface area contributed by atoms with Crippen LogP contribution in [0, 0.1) is 0 Å². The smallest absolute Gasteiger partial charge is 0.324 e. The number of nitrogens with zero attached hydrogens (tertiary/aromatic N) is 1. The summed E-state index contributed by atoms with van der Waals surface area (Å²) in [5.74, 6) is -1.44. The van der Waals surface area contributed by atoms with E-state index in [0.717, 1.165) is 5.01 Å². The number of halogens is 1. The predicted molar refractivity (Wildman–Crippen MR) is 73.4 cm³/mol. The minimum Gasteiger partial charge on any atom is -0.465 e. The largest absolute Gasteiger partial charge is 0.465 e. The monoisotopic (exact) mass is 298 g/mol. The fourth-order valence-electron chi connectivity index (χ4n) is 1.82. The summed E-state index contributed by atoms with van der Waals surface area (Å²) in [5.41, 5.74) is 3.23. The molecule has 1 aromatic carbocycles. The van der Waals surface area contributed by atoms with Gasteiger partial charge in [0.05, 0.1) is 17.7 Å². The van der Waals surface area contributed by atoms with Gasteiger partial charge < -0.3 is 4.74 Å². The molecule has 1 heterocycles. The molecule has 0 unspecified atom stereocenters. The van der Waals surface area contributed by atoms with E-state index >= 15 is 0 Å². The molecule has 0 bridgehead atoms. The van der Waals surface area contributed by atoms with Crippen molar-refractivity contribution in [2.45, 2.75) is 19.9 Å². The normalized spacial score (nSPS) is 14.6. The lowest BCUT2D eigenvalue weighted by Crippen LogP contribution is -2.50. The highest BCUT2D eigenvalue weighted by Crippen LogP contribution is 2.20. The molecule has 0 saturated carbocycles. The quantitative estimate of drug-likeness (QED) is 0.667. The minimum atomic E-state index is -0.776. The van der Waals surface area contributed by atoms with Crippen LogP contribution in [-0.4, -0.2) is 35.4 Å². The van der Waals surface area contributed by atoms with Gasteiger partial charge in [-0.15, -0.1) is 12.4 Å². The van der Waals surface area contributed by atoms with Crippen LogP contribution < -0.4 is 5.43 Å². The molecule has 0 fully saturated rings. The van der Waals surface area contributed by atoms with Crippen molar-refractivity contribution >= 4 is 30.2 Å². The molecule has 1 aliphatic heterocycles. The van der Waals surface area contributed by atoms with Gasteiger partial charge >= 0.3 is 5.97 Å². The van der Waals surface area contributed by atoms with Crippen LogP contribution in [0.4, 0.5) is 0 Å². The number of esters is 1. The summed E-state index contributed by atoms with van der Waals surface area (Å²) in [6.45, 7) is 3.46. The van der Waals surface area contributed by atoms with Gasteiger partial charge in [-0.3, -0.25) is 14.4 Å². The van der Waals surface area contributed by atoms with Gasteiger partial charge in [0.2, 0.25) is 0 Å². The van der Waals surface area contributed by atoms with Crippen LogP contribution in [0.5, 0.6) is 0 Å². The topological polar surface area (TPSA) is 75.7 Å². The van der Waals surface area contributed by atoms with Gasteiger partial charge in [-0.2, -0.15) is 0 Å². The third kappa shape index (κ3) is 2.81. The fraction of sp³-hybridized carbons (Fsp3) is 0.308. The number of hydrogen-bond donors (Lipinski definition) is 1. The van der Waals surface area contributed by atoms with E-state index in [1.165, 1.54) is 6.92 Å². The lowest BCUT2D eigenvalue weighted by Gasteiger charge is -2.19. The fourth-order valence-corrected chi connectivity index (χ4v) is 1.82. The Morgan fingerprint density at radius 3 is 2.20 bits per heavy atom. The Kier molecular flexibility index (Phi) is 5.24. The van der Waals surface area contributed by atoms with Crippen LogP contribution in [-0.2, 0) is 9.53 Å². The van der Waals surface area contributed by atoms with E-state index in [0.29, 0.717) is 11.1 Å². The molecule has 108 valence electrons. The number of fused-ring (bicyclic) bond motifs is 1. The molecule has 0 aromatic heterocycles. The Balaban J connectivity index is 0.00000200. The average Bonchev–Trinajstić information content (AvgIpc) is 2.65. The number of ether oxygens (including phenoxy) is 1. The van der Waals surface area contributed by atoms with Crippen molar-refractivity contribution in [2.75, 3.05) is 6.61 Å². The van der Waals surface area contributed by atoms with Crippen LogP contribution >= 0.6 is 12.4 Å². The Hall–Kier alpha value is -1.92. The van der Waals surface area contributed by atoms with Gasteiger partial charge in [-0.05, 0) is 26.0 Å². The van der Waals surface area contributed by atoms with E-state index in [2.05, 4.69) is 5.43 Å². The number of nitrogens with one attached hydrogen (secondary N) is 1. The van der Waals surface area contributed by atoms with Crippen LogP contribution in [0.15, 0.2) is 24.3 Å². The van der Waals surface area contributed by atoms with E-state index in [1.807, 2.05) is 0 Å². The van der Waals surface area contributed by atoms with Crippen LogP contribution in [0.2, 0.25) is 0 Å². The SMILES string of the molecule is CCOC(=O)[C@H](C)NN1C(=O)c2ccccc2C1=O.Cl. The molecule has 0 spiro atoms. The third-order valence-corrected chi connectivity index (χ3v) is 2.76. The van der Waals surface area contributed by atoms with Crippen LogP contribution in [0.1, 0.15) is 34.6 Å². The van der Waals surface area contributed by atoms with Gasteiger partial charge in [-0.25, -0.2) is 10.4 Å². The van der Waals surface area contributed by atoms with Gasteiger partial charge in [0, 0.05) is 0 Å². The predicted octanol–water partition coefficient (Wildman–Crippen LogP) is 1.16. The summed E-state index contributed by atoms with van der Waals surface area (Å²) >= 11 is 0. The number of imide groups is 1. The third-order valence-electron chi connectivity index (χ3n) is 2.76. The molecule has 20 heavy (non-hydrogen) atoms.